The average Bonchev–Trinajstić information content (AvgIpc) is 3.23. The Morgan fingerprint density at radius 1 is 0.976 bits per heavy atom. The predicted molar refractivity (Wildman–Crippen MR) is 134 cm³/mol. The van der Waals surface area contributed by atoms with E-state index in [0.717, 1.165) is 20.8 Å². The molecule has 0 saturated heterocycles. The molecule has 4 atom stereocenters. The molecule has 13 nitrogen and oxygen atoms in total. The normalized spacial score (nSPS) is 22.5. The van der Waals surface area contributed by atoms with E-state index in [0.29, 0.717) is 4.57 Å². The topological polar surface area (TPSA) is 188 Å². The lowest BCUT2D eigenvalue weighted by molar-refractivity contribution is -0.281. The van der Waals surface area contributed by atoms with Crippen LogP contribution in [0, 0.1) is 23.3 Å². The second kappa shape index (κ2) is 10.2. The van der Waals surface area contributed by atoms with Crippen molar-refractivity contribution in [3.8, 4) is 11.9 Å². The SMILES string of the molecule is CC(=O)OC1c2c3c(n(C#N)c2C(OC(C)=O)(OC(=O)C(C)C)C(C)C1OC(C)=O)C(=O)c1c(O)cccc1C3=O. The Morgan fingerprint density at radius 2 is 1.61 bits per heavy atom. The molecule has 4 unspecified atom stereocenters. The number of nitrogens with zero attached hydrogens (tertiary/aromatic N) is 2. The maximum Gasteiger partial charge on any atom is 0.311 e. The van der Waals surface area contributed by atoms with Gasteiger partial charge in [0, 0.05) is 31.9 Å². The fraction of sp³-hybridized carbons (Fsp3) is 0.393. The second-order valence-electron chi connectivity index (χ2n) is 10.0. The number of phenolic OH excluding ortho intramolecular Hbond substituents is 1. The molecule has 0 aliphatic heterocycles. The molecule has 0 bridgehead atoms. The van der Waals surface area contributed by atoms with Crippen molar-refractivity contribution in [1.29, 1.82) is 5.26 Å². The zero-order valence-electron chi connectivity index (χ0n) is 23.0. The molecule has 4 rings (SSSR count). The van der Waals surface area contributed by atoms with Gasteiger partial charge in [-0.25, -0.2) is 4.57 Å². The average molecular weight is 567 g/mol. The van der Waals surface area contributed by atoms with Crippen LogP contribution in [-0.4, -0.2) is 51.2 Å². The molecular formula is C28H26N2O11. The van der Waals surface area contributed by atoms with E-state index >= 15 is 0 Å². The van der Waals surface area contributed by atoms with Crippen molar-refractivity contribution in [1.82, 2.24) is 4.57 Å². The maximum atomic E-state index is 14.0. The minimum Gasteiger partial charge on any atom is -0.507 e. The Balaban J connectivity index is 2.23. The number of aromatic nitrogens is 1. The molecule has 13 heteroatoms. The number of benzene rings is 1. The lowest BCUT2D eigenvalue weighted by Gasteiger charge is -2.46. The van der Waals surface area contributed by atoms with Crippen molar-refractivity contribution < 1.29 is 52.8 Å². The van der Waals surface area contributed by atoms with Crippen LogP contribution in [0.1, 0.15) is 90.9 Å². The highest BCUT2D eigenvalue weighted by atomic mass is 16.7. The summed E-state index contributed by atoms with van der Waals surface area (Å²) in [5.74, 6) is -10.6. The number of rotatable bonds is 5. The van der Waals surface area contributed by atoms with E-state index in [9.17, 15) is 39.1 Å². The Labute approximate surface area is 233 Å². The molecule has 1 heterocycles. The molecule has 1 aromatic heterocycles. The first-order chi connectivity index (χ1) is 19.2. The molecule has 0 saturated carbocycles. The van der Waals surface area contributed by atoms with E-state index in [-0.39, 0.29) is 16.7 Å². The van der Waals surface area contributed by atoms with Crippen LogP contribution in [0.15, 0.2) is 18.2 Å². The summed E-state index contributed by atoms with van der Waals surface area (Å²) in [7, 11) is 0. The van der Waals surface area contributed by atoms with Crippen molar-refractivity contribution in [2.45, 2.75) is 59.5 Å². The van der Waals surface area contributed by atoms with E-state index in [1.165, 1.54) is 39.0 Å². The quantitative estimate of drug-likeness (QED) is 0.270. The van der Waals surface area contributed by atoms with Gasteiger partial charge in [0.1, 0.15) is 17.1 Å². The summed E-state index contributed by atoms with van der Waals surface area (Å²) in [5.41, 5.74) is -2.38. The molecule has 1 aromatic carbocycles. The molecule has 2 aliphatic rings. The summed E-state index contributed by atoms with van der Waals surface area (Å²) in [6.45, 7) is 7.45. The van der Waals surface area contributed by atoms with Crippen LogP contribution in [0.2, 0.25) is 0 Å². The monoisotopic (exact) mass is 566 g/mol. The highest BCUT2D eigenvalue weighted by Gasteiger charge is 2.63. The zero-order chi connectivity index (χ0) is 30.5. The third kappa shape index (κ3) is 4.41. The van der Waals surface area contributed by atoms with Gasteiger partial charge in [-0.15, -0.1) is 0 Å². The van der Waals surface area contributed by atoms with Gasteiger partial charge < -0.3 is 24.1 Å². The Kier molecular flexibility index (Phi) is 7.22. The molecule has 41 heavy (non-hydrogen) atoms. The number of carbonyl (C=O) groups excluding carboxylic acids is 6. The molecule has 0 radical (unpaired) electrons. The molecule has 0 fully saturated rings. The van der Waals surface area contributed by atoms with E-state index < -0.39 is 88.0 Å². The Hall–Kier alpha value is -4.99. The summed E-state index contributed by atoms with van der Waals surface area (Å²) in [4.78, 5) is 77.9. The first-order valence-electron chi connectivity index (χ1n) is 12.5. The number of aromatic hydroxyl groups is 1. The minimum atomic E-state index is -2.54. The Morgan fingerprint density at radius 3 is 2.15 bits per heavy atom. The van der Waals surface area contributed by atoms with Crippen molar-refractivity contribution in [3.05, 3.63) is 51.8 Å². The molecule has 2 aliphatic carbocycles. The first kappa shape index (κ1) is 29.0. The smallest absolute Gasteiger partial charge is 0.311 e. The third-order valence-corrected chi connectivity index (χ3v) is 6.88. The number of hydrogen-bond donors (Lipinski definition) is 1. The van der Waals surface area contributed by atoms with Gasteiger partial charge in [0.15, 0.2) is 24.2 Å². The molecule has 2 aromatic rings. The summed E-state index contributed by atoms with van der Waals surface area (Å²) in [6.07, 6.45) is -1.37. The van der Waals surface area contributed by atoms with Gasteiger partial charge in [-0.05, 0) is 6.07 Å². The highest BCUT2D eigenvalue weighted by molar-refractivity contribution is 6.29. The van der Waals surface area contributed by atoms with Gasteiger partial charge in [-0.2, -0.15) is 5.26 Å². The van der Waals surface area contributed by atoms with Gasteiger partial charge in [0.05, 0.1) is 23.0 Å². The summed E-state index contributed by atoms with van der Waals surface area (Å²) in [6, 6.07) is 3.80. The number of nitriles is 1. The largest absolute Gasteiger partial charge is 0.507 e. The predicted octanol–water partition coefficient (Wildman–Crippen LogP) is 2.40. The van der Waals surface area contributed by atoms with Gasteiger partial charge >= 0.3 is 29.7 Å². The van der Waals surface area contributed by atoms with Gasteiger partial charge in [0.2, 0.25) is 5.78 Å². The molecule has 0 amide bonds. The van der Waals surface area contributed by atoms with E-state index in [1.807, 2.05) is 0 Å². The fourth-order valence-corrected chi connectivity index (χ4v) is 5.28. The van der Waals surface area contributed by atoms with Crippen LogP contribution >= 0.6 is 0 Å². The van der Waals surface area contributed by atoms with Crippen molar-refractivity contribution >= 4 is 35.4 Å². The van der Waals surface area contributed by atoms with Crippen LogP contribution in [0.5, 0.6) is 5.75 Å². The number of hydrogen-bond acceptors (Lipinski definition) is 12. The standard InChI is InChI=1S/C28H26N2O11/c1-11(2)27(37)41-28(40-15(6)33)12(3)24(38-13(4)31)25(39-14(5)32)20-19-21(30(10-29)26(20)28)23(36)18-16(22(19)35)8-7-9-17(18)34/h7-9,11-12,24-25,34H,1-6H3. The molecular weight excluding hydrogens is 540 g/mol. The van der Waals surface area contributed by atoms with Crippen molar-refractivity contribution in [3.63, 3.8) is 0 Å². The number of esters is 4. The number of ether oxygens (including phenoxy) is 4. The van der Waals surface area contributed by atoms with Crippen LogP contribution in [0.25, 0.3) is 0 Å². The van der Waals surface area contributed by atoms with Crippen LogP contribution in [-0.2, 0) is 43.9 Å². The third-order valence-electron chi connectivity index (χ3n) is 6.88. The van der Waals surface area contributed by atoms with Crippen LogP contribution < -0.4 is 0 Å². The lowest BCUT2D eigenvalue weighted by Crippen LogP contribution is -2.55. The minimum absolute atomic E-state index is 0.220. The lowest BCUT2D eigenvalue weighted by atomic mass is 9.75. The highest BCUT2D eigenvalue weighted by Crippen LogP contribution is 2.54. The maximum absolute atomic E-state index is 14.0. The summed E-state index contributed by atoms with van der Waals surface area (Å²) >= 11 is 0. The van der Waals surface area contributed by atoms with Crippen LogP contribution in [0.4, 0.5) is 0 Å². The number of phenols is 1. The van der Waals surface area contributed by atoms with Crippen molar-refractivity contribution in [2.75, 3.05) is 0 Å². The van der Waals surface area contributed by atoms with Gasteiger partial charge in [0.25, 0.3) is 0 Å². The molecule has 0 spiro atoms. The van der Waals surface area contributed by atoms with Crippen LogP contribution in [0.3, 0.4) is 0 Å². The zero-order valence-corrected chi connectivity index (χ0v) is 23.0. The fourth-order valence-electron chi connectivity index (χ4n) is 5.28. The first-order valence-corrected chi connectivity index (χ1v) is 12.5. The summed E-state index contributed by atoms with van der Waals surface area (Å²) < 4.78 is 23.1. The van der Waals surface area contributed by atoms with Gasteiger partial charge in [-0.3, -0.25) is 28.8 Å². The number of carbonyl (C=O) groups is 6. The van der Waals surface area contributed by atoms with Crippen molar-refractivity contribution in [2.24, 2.45) is 11.8 Å². The summed E-state index contributed by atoms with van der Waals surface area (Å²) in [5, 5.41) is 20.8. The number of fused-ring (bicyclic) bond motifs is 4. The van der Waals surface area contributed by atoms with E-state index in [2.05, 4.69) is 0 Å². The van der Waals surface area contributed by atoms with E-state index in [4.69, 9.17) is 18.9 Å². The number of ketones is 2. The molecule has 214 valence electrons. The Bertz CT molecular complexity index is 1580. The van der Waals surface area contributed by atoms with Gasteiger partial charge in [-0.1, -0.05) is 32.9 Å². The second-order valence-corrected chi connectivity index (χ2v) is 10.0. The molecule has 1 N–H and O–H groups in total. The van der Waals surface area contributed by atoms with E-state index in [1.54, 1.807) is 6.19 Å².